The molecule has 6 heteroatoms. The number of carboxylic acid groups (broad SMARTS) is 1. The normalized spacial score (nSPS) is 10.4. The standard InChI is InChI=1S/C10H7ClN2O3/c1-16-9-8(10(14)15)12-7-4-5(11)2-3-6(7)13-9/h2-4H,1H3,(H,14,15). The number of carboxylic acids is 1. The first kappa shape index (κ1) is 10.6. The van der Waals surface area contributed by atoms with Crippen molar-refractivity contribution in [3.63, 3.8) is 0 Å². The minimum atomic E-state index is -1.19. The maximum atomic E-state index is 10.9. The molecule has 82 valence electrons. The van der Waals surface area contributed by atoms with E-state index in [1.165, 1.54) is 7.11 Å². The van der Waals surface area contributed by atoms with Crippen molar-refractivity contribution in [2.45, 2.75) is 0 Å². The highest BCUT2D eigenvalue weighted by Gasteiger charge is 2.15. The summed E-state index contributed by atoms with van der Waals surface area (Å²) in [5, 5.41) is 9.39. The van der Waals surface area contributed by atoms with E-state index in [9.17, 15) is 4.79 Å². The molecule has 16 heavy (non-hydrogen) atoms. The third-order valence-electron chi connectivity index (χ3n) is 1.99. The summed E-state index contributed by atoms with van der Waals surface area (Å²) in [5.41, 5.74) is 0.731. The van der Waals surface area contributed by atoms with Crippen molar-refractivity contribution in [1.29, 1.82) is 0 Å². The van der Waals surface area contributed by atoms with Gasteiger partial charge in [-0.15, -0.1) is 0 Å². The number of carbonyl (C=O) groups is 1. The van der Waals surface area contributed by atoms with E-state index in [0.29, 0.717) is 16.1 Å². The second-order valence-electron chi connectivity index (χ2n) is 3.02. The summed E-state index contributed by atoms with van der Waals surface area (Å²) in [7, 11) is 1.35. The molecule has 2 rings (SSSR count). The number of fused-ring (bicyclic) bond motifs is 1. The number of hydrogen-bond acceptors (Lipinski definition) is 4. The van der Waals surface area contributed by atoms with Gasteiger partial charge in [-0.25, -0.2) is 14.8 Å². The van der Waals surface area contributed by atoms with Crippen LogP contribution in [0, 0.1) is 0 Å². The predicted molar refractivity (Wildman–Crippen MR) is 58.1 cm³/mol. The minimum Gasteiger partial charge on any atom is -0.479 e. The Labute approximate surface area is 95.7 Å². The molecule has 0 amide bonds. The molecule has 0 aliphatic heterocycles. The number of ether oxygens (including phenoxy) is 1. The zero-order valence-electron chi connectivity index (χ0n) is 8.27. The van der Waals surface area contributed by atoms with Gasteiger partial charge in [0.1, 0.15) is 0 Å². The van der Waals surface area contributed by atoms with Crippen LogP contribution in [0.2, 0.25) is 5.02 Å². The lowest BCUT2D eigenvalue weighted by Crippen LogP contribution is -2.06. The number of rotatable bonds is 2. The number of hydrogen-bond donors (Lipinski definition) is 1. The lowest BCUT2D eigenvalue weighted by atomic mass is 10.3. The Morgan fingerprint density at radius 3 is 2.75 bits per heavy atom. The highest BCUT2D eigenvalue weighted by atomic mass is 35.5. The molecule has 0 atom stereocenters. The minimum absolute atomic E-state index is 0.0117. The molecule has 0 bridgehead atoms. The highest BCUT2D eigenvalue weighted by Crippen LogP contribution is 2.21. The van der Waals surface area contributed by atoms with E-state index in [2.05, 4.69) is 9.97 Å². The summed E-state index contributed by atoms with van der Waals surface area (Å²) < 4.78 is 4.86. The first-order chi connectivity index (χ1) is 7.61. The molecule has 0 radical (unpaired) electrons. The number of benzene rings is 1. The quantitative estimate of drug-likeness (QED) is 0.866. The molecule has 5 nitrogen and oxygen atoms in total. The summed E-state index contributed by atoms with van der Waals surface area (Å²) in [6.07, 6.45) is 0. The SMILES string of the molecule is COc1nc2ccc(Cl)cc2nc1C(=O)O. The largest absolute Gasteiger partial charge is 0.479 e. The van der Waals surface area contributed by atoms with Gasteiger partial charge in [0.15, 0.2) is 0 Å². The molecule has 1 aromatic heterocycles. The van der Waals surface area contributed by atoms with Crippen LogP contribution in [0.1, 0.15) is 10.5 Å². The van der Waals surface area contributed by atoms with Gasteiger partial charge in [-0.3, -0.25) is 0 Å². The van der Waals surface area contributed by atoms with E-state index in [4.69, 9.17) is 21.4 Å². The Morgan fingerprint density at radius 2 is 2.12 bits per heavy atom. The van der Waals surface area contributed by atoms with Crippen LogP contribution in [-0.2, 0) is 0 Å². The van der Waals surface area contributed by atoms with Crippen molar-refractivity contribution in [2.75, 3.05) is 7.11 Å². The van der Waals surface area contributed by atoms with Crippen LogP contribution in [-0.4, -0.2) is 28.2 Å². The maximum Gasteiger partial charge on any atom is 0.360 e. The highest BCUT2D eigenvalue weighted by molar-refractivity contribution is 6.31. The van der Waals surface area contributed by atoms with Gasteiger partial charge in [0, 0.05) is 5.02 Å². The van der Waals surface area contributed by atoms with Crippen LogP contribution in [0.25, 0.3) is 11.0 Å². The van der Waals surface area contributed by atoms with Crippen molar-refractivity contribution in [2.24, 2.45) is 0 Å². The second-order valence-corrected chi connectivity index (χ2v) is 3.46. The van der Waals surface area contributed by atoms with Gasteiger partial charge in [0.2, 0.25) is 11.6 Å². The molecule has 2 aromatic rings. The molecule has 0 saturated heterocycles. The lowest BCUT2D eigenvalue weighted by molar-refractivity contribution is 0.0686. The fourth-order valence-electron chi connectivity index (χ4n) is 1.29. The van der Waals surface area contributed by atoms with Crippen molar-refractivity contribution in [3.8, 4) is 5.88 Å². The predicted octanol–water partition coefficient (Wildman–Crippen LogP) is 1.99. The topological polar surface area (TPSA) is 72.3 Å². The fourth-order valence-corrected chi connectivity index (χ4v) is 1.46. The molecule has 0 unspecified atom stereocenters. The Bertz CT molecular complexity index is 571. The number of aromatic carboxylic acids is 1. The molecule has 1 heterocycles. The van der Waals surface area contributed by atoms with Crippen LogP contribution in [0.4, 0.5) is 0 Å². The molecular formula is C10H7ClN2O3. The Hall–Kier alpha value is -1.88. The van der Waals surface area contributed by atoms with E-state index in [-0.39, 0.29) is 11.6 Å². The van der Waals surface area contributed by atoms with E-state index in [0.717, 1.165) is 0 Å². The molecule has 0 fully saturated rings. The molecule has 0 aliphatic rings. The summed E-state index contributed by atoms with van der Waals surface area (Å²) in [6.45, 7) is 0. The Morgan fingerprint density at radius 1 is 1.38 bits per heavy atom. The van der Waals surface area contributed by atoms with Gasteiger partial charge in [-0.05, 0) is 18.2 Å². The zero-order valence-corrected chi connectivity index (χ0v) is 9.02. The van der Waals surface area contributed by atoms with Crippen LogP contribution < -0.4 is 4.74 Å². The summed E-state index contributed by atoms with van der Waals surface area (Å²) in [5.74, 6) is -1.20. The number of nitrogens with zero attached hydrogens (tertiary/aromatic N) is 2. The summed E-state index contributed by atoms with van der Waals surface area (Å²) in [4.78, 5) is 18.9. The first-order valence-corrected chi connectivity index (χ1v) is 4.74. The average molecular weight is 239 g/mol. The van der Waals surface area contributed by atoms with Gasteiger partial charge < -0.3 is 9.84 Å². The van der Waals surface area contributed by atoms with Gasteiger partial charge in [0.05, 0.1) is 18.1 Å². The first-order valence-electron chi connectivity index (χ1n) is 4.36. The van der Waals surface area contributed by atoms with E-state index in [1.807, 2.05) is 0 Å². The van der Waals surface area contributed by atoms with Gasteiger partial charge >= 0.3 is 5.97 Å². The van der Waals surface area contributed by atoms with E-state index >= 15 is 0 Å². The Kier molecular flexibility index (Phi) is 2.62. The molecular weight excluding hydrogens is 232 g/mol. The summed E-state index contributed by atoms with van der Waals surface area (Å²) in [6, 6.07) is 4.85. The molecule has 1 N–H and O–H groups in total. The maximum absolute atomic E-state index is 10.9. The van der Waals surface area contributed by atoms with Crippen LogP contribution in [0.15, 0.2) is 18.2 Å². The third-order valence-corrected chi connectivity index (χ3v) is 2.23. The van der Waals surface area contributed by atoms with Crippen molar-refractivity contribution in [3.05, 3.63) is 28.9 Å². The van der Waals surface area contributed by atoms with Crippen molar-refractivity contribution in [1.82, 2.24) is 9.97 Å². The average Bonchev–Trinajstić information content (AvgIpc) is 2.27. The zero-order chi connectivity index (χ0) is 11.7. The molecule has 0 saturated carbocycles. The smallest absolute Gasteiger partial charge is 0.360 e. The lowest BCUT2D eigenvalue weighted by Gasteiger charge is -2.04. The number of methoxy groups -OCH3 is 1. The fraction of sp³-hybridized carbons (Fsp3) is 0.100. The number of aromatic nitrogens is 2. The monoisotopic (exact) mass is 238 g/mol. The number of halogens is 1. The van der Waals surface area contributed by atoms with E-state index in [1.54, 1.807) is 18.2 Å². The van der Waals surface area contributed by atoms with Gasteiger partial charge in [-0.1, -0.05) is 11.6 Å². The van der Waals surface area contributed by atoms with Crippen molar-refractivity contribution >= 4 is 28.6 Å². The van der Waals surface area contributed by atoms with Crippen LogP contribution >= 0.6 is 11.6 Å². The molecule has 1 aromatic carbocycles. The van der Waals surface area contributed by atoms with Crippen LogP contribution in [0.5, 0.6) is 5.88 Å². The van der Waals surface area contributed by atoms with Crippen LogP contribution in [0.3, 0.4) is 0 Å². The van der Waals surface area contributed by atoms with Gasteiger partial charge in [-0.2, -0.15) is 0 Å². The molecule has 0 spiro atoms. The van der Waals surface area contributed by atoms with Gasteiger partial charge in [0.25, 0.3) is 0 Å². The van der Waals surface area contributed by atoms with E-state index < -0.39 is 5.97 Å². The third kappa shape index (κ3) is 1.77. The summed E-state index contributed by atoms with van der Waals surface area (Å²) >= 11 is 5.78. The van der Waals surface area contributed by atoms with Crippen molar-refractivity contribution < 1.29 is 14.6 Å². The Balaban J connectivity index is 2.75. The second kappa shape index (κ2) is 3.94. The molecule has 0 aliphatic carbocycles.